The molecule has 0 aliphatic carbocycles. The molecule has 0 heterocycles. The van der Waals surface area contributed by atoms with Gasteiger partial charge in [-0.15, -0.1) is 0 Å². The summed E-state index contributed by atoms with van der Waals surface area (Å²) in [4.78, 5) is 0. The molecule has 0 aliphatic heterocycles. The normalized spacial score (nSPS) is 10.4. The second-order valence-corrected chi connectivity index (χ2v) is 3.62. The highest BCUT2D eigenvalue weighted by molar-refractivity contribution is 7.75. The third-order valence-corrected chi connectivity index (χ3v) is 2.37. The van der Waals surface area contributed by atoms with Gasteiger partial charge in [0.1, 0.15) is 0 Å². The van der Waals surface area contributed by atoms with E-state index in [1.807, 2.05) is 0 Å². The molecule has 72 valence electrons. The van der Waals surface area contributed by atoms with E-state index in [1.165, 1.54) is 16.7 Å². The van der Waals surface area contributed by atoms with E-state index >= 15 is 0 Å². The lowest BCUT2D eigenvalue weighted by Crippen LogP contribution is -1.93. The van der Waals surface area contributed by atoms with Crippen LogP contribution in [-0.2, 0) is 10.6 Å². The third kappa shape index (κ3) is 3.41. The van der Waals surface area contributed by atoms with Crippen molar-refractivity contribution in [2.24, 2.45) is 0 Å². The third-order valence-electron chi connectivity index (χ3n) is 2.19. The molecule has 1 aromatic carbocycles. The molecule has 0 fully saturated rings. The summed E-state index contributed by atoms with van der Waals surface area (Å²) in [5, 5.41) is 0. The Balaban J connectivity index is 2.59. The smallest absolute Gasteiger partial charge is 0.0613 e. The lowest BCUT2D eigenvalue weighted by molar-refractivity contribution is 0.372. The minimum absolute atomic E-state index is 0.719. The zero-order valence-electron chi connectivity index (χ0n) is 8.21. The molecule has 0 atom stereocenters. The molecule has 13 heavy (non-hydrogen) atoms. The topological polar surface area (TPSA) is 9.23 Å². The van der Waals surface area contributed by atoms with E-state index < -0.39 is 0 Å². The van der Waals surface area contributed by atoms with Gasteiger partial charge in [0.25, 0.3) is 0 Å². The monoisotopic (exact) mass is 196 g/mol. The molecule has 0 aromatic heterocycles. The van der Waals surface area contributed by atoms with E-state index in [9.17, 15) is 0 Å². The zero-order valence-corrected chi connectivity index (χ0v) is 9.10. The van der Waals surface area contributed by atoms with Crippen LogP contribution >= 0.6 is 12.9 Å². The van der Waals surface area contributed by atoms with E-state index in [2.05, 4.69) is 45.0 Å². The van der Waals surface area contributed by atoms with Crippen LogP contribution in [0.1, 0.15) is 23.1 Å². The molecular formula is C11H16OS. The highest BCUT2D eigenvalue weighted by atomic mass is 32.1. The van der Waals surface area contributed by atoms with Crippen molar-refractivity contribution in [3.8, 4) is 0 Å². The van der Waals surface area contributed by atoms with Gasteiger partial charge in [-0.3, -0.25) is 0 Å². The Kier molecular flexibility index (Phi) is 4.33. The SMILES string of the molecule is Cc1ccc(C)c(CCCOS)c1. The maximum atomic E-state index is 4.73. The summed E-state index contributed by atoms with van der Waals surface area (Å²) in [6.45, 7) is 4.99. The Morgan fingerprint density at radius 2 is 2.08 bits per heavy atom. The van der Waals surface area contributed by atoms with Crippen LogP contribution in [0.25, 0.3) is 0 Å². The largest absolute Gasteiger partial charge is 0.318 e. The van der Waals surface area contributed by atoms with Crippen molar-refractivity contribution in [3.63, 3.8) is 0 Å². The highest BCUT2D eigenvalue weighted by Gasteiger charge is 1.98. The van der Waals surface area contributed by atoms with Gasteiger partial charge in [0.05, 0.1) is 6.61 Å². The summed E-state index contributed by atoms with van der Waals surface area (Å²) < 4.78 is 4.73. The lowest BCUT2D eigenvalue weighted by Gasteiger charge is -2.05. The average Bonchev–Trinajstić information content (AvgIpc) is 2.11. The maximum absolute atomic E-state index is 4.73. The van der Waals surface area contributed by atoms with Crippen LogP contribution in [0, 0.1) is 13.8 Å². The van der Waals surface area contributed by atoms with Crippen LogP contribution in [0.2, 0.25) is 0 Å². The molecule has 2 heteroatoms. The first kappa shape index (κ1) is 10.6. The number of hydrogen-bond donors (Lipinski definition) is 1. The fourth-order valence-corrected chi connectivity index (χ4v) is 1.53. The van der Waals surface area contributed by atoms with Crippen molar-refractivity contribution < 1.29 is 4.18 Å². The first-order valence-corrected chi connectivity index (χ1v) is 4.93. The zero-order chi connectivity index (χ0) is 9.68. The molecule has 0 saturated carbocycles. The van der Waals surface area contributed by atoms with Crippen LogP contribution in [-0.4, -0.2) is 6.61 Å². The first-order valence-electron chi connectivity index (χ1n) is 4.56. The minimum Gasteiger partial charge on any atom is -0.318 e. The van der Waals surface area contributed by atoms with Gasteiger partial charge >= 0.3 is 0 Å². The lowest BCUT2D eigenvalue weighted by atomic mass is 10.0. The molecule has 0 saturated heterocycles. The maximum Gasteiger partial charge on any atom is 0.0613 e. The Hall–Kier alpha value is -0.470. The number of thiol groups is 1. The van der Waals surface area contributed by atoms with E-state index in [0.29, 0.717) is 0 Å². The van der Waals surface area contributed by atoms with Crippen LogP contribution in [0.5, 0.6) is 0 Å². The summed E-state index contributed by atoms with van der Waals surface area (Å²) in [6, 6.07) is 6.56. The standard InChI is InChI=1S/C11H16OS/c1-9-5-6-10(2)11(8-9)4-3-7-12-13/h5-6,8,13H,3-4,7H2,1-2H3. The molecular weight excluding hydrogens is 180 g/mol. The summed E-state index contributed by atoms with van der Waals surface area (Å²) in [7, 11) is 0. The molecule has 0 amide bonds. The fraction of sp³-hybridized carbons (Fsp3) is 0.455. The number of rotatable bonds is 4. The molecule has 0 unspecified atom stereocenters. The van der Waals surface area contributed by atoms with Crippen LogP contribution < -0.4 is 0 Å². The number of aryl methyl sites for hydroxylation is 3. The van der Waals surface area contributed by atoms with Gasteiger partial charge in [-0.1, -0.05) is 23.8 Å². The number of benzene rings is 1. The van der Waals surface area contributed by atoms with Crippen molar-refractivity contribution in [1.82, 2.24) is 0 Å². The Labute approximate surface area is 85.7 Å². The summed E-state index contributed by atoms with van der Waals surface area (Å²) in [5.41, 5.74) is 4.11. The molecule has 0 N–H and O–H groups in total. The Morgan fingerprint density at radius 1 is 1.31 bits per heavy atom. The average molecular weight is 196 g/mol. The predicted molar refractivity (Wildman–Crippen MR) is 59.2 cm³/mol. The Morgan fingerprint density at radius 3 is 2.77 bits per heavy atom. The quantitative estimate of drug-likeness (QED) is 0.442. The van der Waals surface area contributed by atoms with E-state index in [4.69, 9.17) is 4.18 Å². The molecule has 1 aromatic rings. The minimum atomic E-state index is 0.719. The second kappa shape index (κ2) is 5.30. The van der Waals surface area contributed by atoms with Crippen LogP contribution in [0.3, 0.4) is 0 Å². The van der Waals surface area contributed by atoms with Gasteiger partial charge in [0.15, 0.2) is 0 Å². The van der Waals surface area contributed by atoms with Crippen molar-refractivity contribution in [1.29, 1.82) is 0 Å². The Bertz CT molecular complexity index is 271. The number of hydrogen-bond acceptors (Lipinski definition) is 2. The summed E-state index contributed by atoms with van der Waals surface area (Å²) in [6.07, 6.45) is 2.11. The van der Waals surface area contributed by atoms with E-state index in [1.54, 1.807) is 0 Å². The fourth-order valence-electron chi connectivity index (χ4n) is 1.40. The van der Waals surface area contributed by atoms with Gasteiger partial charge in [-0.25, -0.2) is 0 Å². The van der Waals surface area contributed by atoms with E-state index in [-0.39, 0.29) is 0 Å². The van der Waals surface area contributed by atoms with Gasteiger partial charge < -0.3 is 4.18 Å². The molecule has 0 bridgehead atoms. The first-order chi connectivity index (χ1) is 6.24. The van der Waals surface area contributed by atoms with Crippen molar-refractivity contribution in [2.45, 2.75) is 26.7 Å². The molecule has 1 nitrogen and oxygen atoms in total. The molecule has 0 spiro atoms. The van der Waals surface area contributed by atoms with Crippen molar-refractivity contribution in [3.05, 3.63) is 34.9 Å². The second-order valence-electron chi connectivity index (χ2n) is 3.37. The molecule has 0 aliphatic rings. The van der Waals surface area contributed by atoms with Crippen LogP contribution in [0.4, 0.5) is 0 Å². The molecule has 1 rings (SSSR count). The van der Waals surface area contributed by atoms with Gasteiger partial charge in [-0.05, 0) is 50.7 Å². The van der Waals surface area contributed by atoms with Gasteiger partial charge in [0.2, 0.25) is 0 Å². The van der Waals surface area contributed by atoms with E-state index in [0.717, 1.165) is 19.4 Å². The summed E-state index contributed by atoms with van der Waals surface area (Å²) in [5.74, 6) is 0. The van der Waals surface area contributed by atoms with Crippen molar-refractivity contribution in [2.75, 3.05) is 6.61 Å². The van der Waals surface area contributed by atoms with Crippen LogP contribution in [0.15, 0.2) is 18.2 Å². The van der Waals surface area contributed by atoms with Crippen molar-refractivity contribution >= 4 is 12.9 Å². The summed E-state index contributed by atoms with van der Waals surface area (Å²) >= 11 is 3.71. The van der Waals surface area contributed by atoms with Gasteiger partial charge in [-0.2, -0.15) is 0 Å². The van der Waals surface area contributed by atoms with Gasteiger partial charge in [0, 0.05) is 0 Å². The molecule has 0 radical (unpaired) electrons. The highest BCUT2D eigenvalue weighted by Crippen LogP contribution is 2.12. The predicted octanol–water partition coefficient (Wildman–Crippen LogP) is 3.10.